The molecule has 0 spiro atoms. The van der Waals surface area contributed by atoms with Crippen LogP contribution in [0.1, 0.15) is 11.1 Å². The number of nitrogens with two attached hydrogens (primary N) is 2. The summed E-state index contributed by atoms with van der Waals surface area (Å²) in [6.07, 6.45) is -1.60. The Morgan fingerprint density at radius 1 is 1.27 bits per heavy atom. The number of hydrogen-bond donors (Lipinski definition) is 2. The molecular weight excluding hydrogens is 205 g/mol. The maximum absolute atomic E-state index is 12.5. The minimum atomic E-state index is -4.40. The third-order valence-corrected chi connectivity index (χ3v) is 1.82. The van der Waals surface area contributed by atoms with E-state index in [1.54, 1.807) is 0 Å². The Kier molecular flexibility index (Phi) is 3.36. The summed E-state index contributed by atoms with van der Waals surface area (Å²) in [5.74, 6) is 0. The van der Waals surface area contributed by atoms with Gasteiger partial charge in [-0.2, -0.15) is 13.2 Å². The molecule has 0 bridgehead atoms. The summed E-state index contributed by atoms with van der Waals surface area (Å²) in [6, 6.07) is 3.66. The zero-order valence-electron chi connectivity index (χ0n) is 7.88. The number of hydrogen-bond acceptors (Lipinski definition) is 2. The van der Waals surface area contributed by atoms with Crippen LogP contribution in [-0.4, -0.2) is 6.54 Å². The van der Waals surface area contributed by atoms with Crippen LogP contribution < -0.4 is 11.5 Å². The van der Waals surface area contributed by atoms with Crippen molar-refractivity contribution in [2.45, 2.75) is 6.18 Å². The minimum Gasteiger partial charge on any atom is -0.399 e. The van der Waals surface area contributed by atoms with Gasteiger partial charge >= 0.3 is 6.18 Å². The third kappa shape index (κ3) is 2.99. The van der Waals surface area contributed by atoms with Crippen LogP contribution in [-0.2, 0) is 6.18 Å². The molecule has 1 rings (SSSR count). The fourth-order valence-electron chi connectivity index (χ4n) is 1.16. The van der Waals surface area contributed by atoms with Crippen LogP contribution in [0.25, 0.3) is 6.08 Å². The van der Waals surface area contributed by atoms with E-state index in [4.69, 9.17) is 11.5 Å². The van der Waals surface area contributed by atoms with Crippen molar-refractivity contribution in [3.8, 4) is 0 Å². The van der Waals surface area contributed by atoms with Crippen molar-refractivity contribution in [1.82, 2.24) is 0 Å². The van der Waals surface area contributed by atoms with E-state index in [-0.39, 0.29) is 17.8 Å². The third-order valence-electron chi connectivity index (χ3n) is 1.82. The second-order valence-corrected chi connectivity index (χ2v) is 2.98. The van der Waals surface area contributed by atoms with Crippen LogP contribution >= 0.6 is 0 Å². The molecule has 1 aromatic rings. The summed E-state index contributed by atoms with van der Waals surface area (Å²) in [5, 5.41) is 0. The zero-order valence-corrected chi connectivity index (χ0v) is 7.88. The summed E-state index contributed by atoms with van der Waals surface area (Å²) in [5.41, 5.74) is 9.89. The Labute approximate surface area is 85.4 Å². The Morgan fingerprint density at radius 2 is 1.93 bits per heavy atom. The molecule has 4 N–H and O–H groups in total. The lowest BCUT2D eigenvalue weighted by Gasteiger charge is -2.10. The van der Waals surface area contributed by atoms with E-state index in [2.05, 4.69) is 0 Å². The fraction of sp³-hybridized carbons (Fsp3) is 0.200. The quantitative estimate of drug-likeness (QED) is 0.745. The van der Waals surface area contributed by atoms with Gasteiger partial charge in [0.2, 0.25) is 0 Å². The second kappa shape index (κ2) is 4.35. The predicted octanol–water partition coefficient (Wildman–Crippen LogP) is 2.26. The first kappa shape index (κ1) is 11.6. The van der Waals surface area contributed by atoms with Crippen LogP contribution in [0.15, 0.2) is 24.3 Å². The molecule has 0 aliphatic rings. The largest absolute Gasteiger partial charge is 0.417 e. The molecule has 0 unspecified atom stereocenters. The van der Waals surface area contributed by atoms with Crippen molar-refractivity contribution < 1.29 is 13.2 Å². The molecule has 0 amide bonds. The van der Waals surface area contributed by atoms with Gasteiger partial charge in [0.25, 0.3) is 0 Å². The van der Waals surface area contributed by atoms with Gasteiger partial charge in [-0.05, 0) is 17.7 Å². The van der Waals surface area contributed by atoms with Gasteiger partial charge in [-0.3, -0.25) is 0 Å². The molecule has 0 fully saturated rings. The van der Waals surface area contributed by atoms with E-state index in [1.807, 2.05) is 0 Å². The highest BCUT2D eigenvalue weighted by Crippen LogP contribution is 2.33. The van der Waals surface area contributed by atoms with Crippen molar-refractivity contribution >= 4 is 11.8 Å². The number of nitrogen functional groups attached to an aromatic ring is 1. The van der Waals surface area contributed by atoms with Crippen molar-refractivity contribution in [3.63, 3.8) is 0 Å². The highest BCUT2D eigenvalue weighted by molar-refractivity contribution is 5.59. The first-order chi connectivity index (χ1) is 6.95. The van der Waals surface area contributed by atoms with Crippen LogP contribution in [0, 0.1) is 0 Å². The number of anilines is 1. The first-order valence-electron chi connectivity index (χ1n) is 4.28. The monoisotopic (exact) mass is 216 g/mol. The summed E-state index contributed by atoms with van der Waals surface area (Å²) in [4.78, 5) is 0. The number of benzene rings is 1. The maximum atomic E-state index is 12.5. The summed E-state index contributed by atoms with van der Waals surface area (Å²) < 4.78 is 37.6. The smallest absolute Gasteiger partial charge is 0.399 e. The Bertz CT molecular complexity index is 369. The second-order valence-electron chi connectivity index (χ2n) is 2.98. The molecule has 0 aliphatic heterocycles. The number of rotatable bonds is 2. The molecule has 0 aromatic heterocycles. The fourth-order valence-corrected chi connectivity index (χ4v) is 1.16. The molecule has 2 nitrogen and oxygen atoms in total. The number of alkyl halides is 3. The van der Waals surface area contributed by atoms with Crippen molar-refractivity contribution in [1.29, 1.82) is 0 Å². The molecule has 5 heteroatoms. The number of halogens is 3. The average Bonchev–Trinajstić information content (AvgIpc) is 2.14. The van der Waals surface area contributed by atoms with Crippen LogP contribution in [0.3, 0.4) is 0 Å². The molecular formula is C10H11F3N2. The van der Waals surface area contributed by atoms with E-state index >= 15 is 0 Å². The summed E-state index contributed by atoms with van der Waals surface area (Å²) in [6.45, 7) is 0.196. The molecule has 15 heavy (non-hydrogen) atoms. The van der Waals surface area contributed by atoms with E-state index in [0.29, 0.717) is 0 Å². The van der Waals surface area contributed by atoms with Gasteiger partial charge in [0, 0.05) is 12.2 Å². The van der Waals surface area contributed by atoms with Gasteiger partial charge in [0.1, 0.15) is 0 Å². The van der Waals surface area contributed by atoms with Crippen LogP contribution in [0.4, 0.5) is 18.9 Å². The highest BCUT2D eigenvalue weighted by Gasteiger charge is 2.32. The van der Waals surface area contributed by atoms with Crippen LogP contribution in [0.5, 0.6) is 0 Å². The van der Waals surface area contributed by atoms with Crippen molar-refractivity contribution in [2.75, 3.05) is 12.3 Å². The van der Waals surface area contributed by atoms with E-state index < -0.39 is 11.7 Å². The minimum absolute atomic E-state index is 0.0714. The predicted molar refractivity (Wildman–Crippen MR) is 53.9 cm³/mol. The van der Waals surface area contributed by atoms with Gasteiger partial charge in [0.05, 0.1) is 5.56 Å². The zero-order chi connectivity index (χ0) is 11.5. The summed E-state index contributed by atoms with van der Waals surface area (Å²) in [7, 11) is 0. The van der Waals surface area contributed by atoms with Crippen molar-refractivity contribution in [2.24, 2.45) is 5.73 Å². The lowest BCUT2D eigenvalue weighted by atomic mass is 10.1. The Balaban J connectivity index is 3.21. The van der Waals surface area contributed by atoms with Gasteiger partial charge in [0.15, 0.2) is 0 Å². The molecule has 0 saturated carbocycles. The SMILES string of the molecule is NCC=Cc1ccc(N)cc1C(F)(F)F. The van der Waals surface area contributed by atoms with Crippen LogP contribution in [0.2, 0.25) is 0 Å². The van der Waals surface area contributed by atoms with Gasteiger partial charge < -0.3 is 11.5 Å². The first-order valence-corrected chi connectivity index (χ1v) is 4.28. The van der Waals surface area contributed by atoms with Gasteiger partial charge in [-0.15, -0.1) is 0 Å². The highest BCUT2D eigenvalue weighted by atomic mass is 19.4. The lowest BCUT2D eigenvalue weighted by Crippen LogP contribution is -2.08. The van der Waals surface area contributed by atoms with E-state index in [9.17, 15) is 13.2 Å². The molecule has 0 heterocycles. The standard InChI is InChI=1S/C10H11F3N2/c11-10(12,13)9-6-8(15)4-3-7(9)2-1-5-14/h1-4,6H,5,14-15H2. The molecule has 1 aromatic carbocycles. The molecule has 82 valence electrons. The van der Waals surface area contributed by atoms with Crippen molar-refractivity contribution in [3.05, 3.63) is 35.4 Å². The lowest BCUT2D eigenvalue weighted by molar-refractivity contribution is -0.137. The van der Waals surface area contributed by atoms with E-state index in [0.717, 1.165) is 6.07 Å². The maximum Gasteiger partial charge on any atom is 0.417 e. The van der Waals surface area contributed by atoms with E-state index in [1.165, 1.54) is 24.3 Å². The molecule has 0 atom stereocenters. The topological polar surface area (TPSA) is 52.0 Å². The molecule has 0 radical (unpaired) electrons. The average molecular weight is 216 g/mol. The Hall–Kier alpha value is -1.49. The molecule has 0 aliphatic carbocycles. The van der Waals surface area contributed by atoms with Gasteiger partial charge in [-0.1, -0.05) is 18.2 Å². The normalized spacial score (nSPS) is 12.3. The Morgan fingerprint density at radius 3 is 2.47 bits per heavy atom. The molecule has 0 saturated heterocycles. The summed E-state index contributed by atoms with van der Waals surface area (Å²) >= 11 is 0. The van der Waals surface area contributed by atoms with Gasteiger partial charge in [-0.25, -0.2) is 0 Å².